The van der Waals surface area contributed by atoms with E-state index in [1.807, 2.05) is 6.07 Å². The van der Waals surface area contributed by atoms with Crippen molar-refractivity contribution in [1.82, 2.24) is 19.5 Å². The Morgan fingerprint density at radius 1 is 1.24 bits per heavy atom. The lowest BCUT2D eigenvalue weighted by atomic mass is 10.2. The van der Waals surface area contributed by atoms with E-state index in [1.165, 1.54) is 11.6 Å². The molecule has 1 saturated heterocycles. The molecule has 3 N–H and O–H groups in total. The SMILES string of the molecule is Cn1c(=O)[nH]c(=O)c2[nH]c(CCC(=O)Nc3cccc(N4CCCC4=O)c3)nc21. The topological polar surface area (TPSA) is 133 Å². The standard InChI is InChI=1S/C19H20N6O4/c1-24-17-16(18(28)23-19(24)29)21-13(22-17)7-8-14(26)20-11-4-2-5-12(10-11)25-9-3-6-15(25)27/h2,4-5,10H,3,6-9H2,1H3,(H,20,26)(H,21,22)(H,23,28,29). The van der Waals surface area contributed by atoms with E-state index in [0.717, 1.165) is 12.1 Å². The summed E-state index contributed by atoms with van der Waals surface area (Å²) >= 11 is 0. The highest BCUT2D eigenvalue weighted by molar-refractivity contribution is 5.97. The van der Waals surface area contributed by atoms with Crippen LogP contribution in [0.4, 0.5) is 11.4 Å². The lowest BCUT2D eigenvalue weighted by Crippen LogP contribution is -2.28. The Morgan fingerprint density at radius 2 is 2.07 bits per heavy atom. The molecular formula is C19H20N6O4. The quantitative estimate of drug-likeness (QED) is 0.582. The zero-order valence-electron chi connectivity index (χ0n) is 15.8. The van der Waals surface area contributed by atoms with Gasteiger partial charge < -0.3 is 15.2 Å². The van der Waals surface area contributed by atoms with Crippen molar-refractivity contribution < 1.29 is 9.59 Å². The number of fused-ring (bicyclic) bond motifs is 1. The normalized spacial score (nSPS) is 14.0. The molecule has 1 fully saturated rings. The number of H-pyrrole nitrogens is 2. The molecule has 2 amide bonds. The van der Waals surface area contributed by atoms with E-state index >= 15 is 0 Å². The van der Waals surface area contributed by atoms with E-state index in [2.05, 4.69) is 20.3 Å². The van der Waals surface area contributed by atoms with Crippen molar-refractivity contribution in [2.24, 2.45) is 7.05 Å². The second kappa shape index (κ2) is 7.38. The lowest BCUT2D eigenvalue weighted by Gasteiger charge is -2.16. The number of benzene rings is 1. The molecule has 29 heavy (non-hydrogen) atoms. The van der Waals surface area contributed by atoms with Crippen molar-refractivity contribution in [3.05, 3.63) is 50.9 Å². The summed E-state index contributed by atoms with van der Waals surface area (Å²) in [4.78, 5) is 58.7. The number of rotatable bonds is 5. The number of aryl methyl sites for hydroxylation is 2. The molecule has 0 spiro atoms. The number of hydrogen-bond acceptors (Lipinski definition) is 5. The van der Waals surface area contributed by atoms with E-state index < -0.39 is 11.2 Å². The first-order valence-electron chi connectivity index (χ1n) is 9.30. The maximum Gasteiger partial charge on any atom is 0.329 e. The Morgan fingerprint density at radius 3 is 2.83 bits per heavy atom. The monoisotopic (exact) mass is 396 g/mol. The van der Waals surface area contributed by atoms with Crippen LogP contribution in [0.25, 0.3) is 11.2 Å². The third kappa shape index (κ3) is 3.68. The fourth-order valence-electron chi connectivity index (χ4n) is 3.40. The summed E-state index contributed by atoms with van der Waals surface area (Å²) < 4.78 is 1.24. The highest BCUT2D eigenvalue weighted by Crippen LogP contribution is 2.24. The molecule has 3 heterocycles. The number of hydrogen-bond donors (Lipinski definition) is 3. The van der Waals surface area contributed by atoms with E-state index in [0.29, 0.717) is 24.5 Å². The van der Waals surface area contributed by atoms with Crippen molar-refractivity contribution in [1.29, 1.82) is 0 Å². The van der Waals surface area contributed by atoms with Crippen LogP contribution in [0.3, 0.4) is 0 Å². The third-order valence-corrected chi connectivity index (χ3v) is 4.91. The van der Waals surface area contributed by atoms with Crippen molar-refractivity contribution in [2.75, 3.05) is 16.8 Å². The summed E-state index contributed by atoms with van der Waals surface area (Å²) in [5, 5.41) is 2.81. The zero-order valence-corrected chi connectivity index (χ0v) is 15.8. The molecule has 10 nitrogen and oxygen atoms in total. The first kappa shape index (κ1) is 18.7. The molecule has 0 unspecified atom stereocenters. The third-order valence-electron chi connectivity index (χ3n) is 4.91. The number of imidazole rings is 1. The van der Waals surface area contributed by atoms with Gasteiger partial charge in [0.05, 0.1) is 0 Å². The Kier molecular flexibility index (Phi) is 4.75. The summed E-state index contributed by atoms with van der Waals surface area (Å²) in [6.45, 7) is 0.684. The van der Waals surface area contributed by atoms with E-state index in [4.69, 9.17) is 0 Å². The van der Waals surface area contributed by atoms with Gasteiger partial charge in [0.2, 0.25) is 11.8 Å². The van der Waals surface area contributed by atoms with Gasteiger partial charge in [0.15, 0.2) is 5.65 Å². The number of nitrogens with zero attached hydrogens (tertiary/aromatic N) is 3. The zero-order chi connectivity index (χ0) is 20.5. The second-order valence-electron chi connectivity index (χ2n) is 6.95. The van der Waals surface area contributed by atoms with Gasteiger partial charge in [-0.1, -0.05) is 6.07 Å². The highest BCUT2D eigenvalue weighted by atomic mass is 16.2. The maximum absolute atomic E-state index is 12.3. The van der Waals surface area contributed by atoms with Gasteiger partial charge in [-0.05, 0) is 24.6 Å². The van der Waals surface area contributed by atoms with Gasteiger partial charge >= 0.3 is 5.69 Å². The van der Waals surface area contributed by atoms with Gasteiger partial charge in [0, 0.05) is 44.2 Å². The first-order valence-corrected chi connectivity index (χ1v) is 9.30. The van der Waals surface area contributed by atoms with Crippen LogP contribution in [0.15, 0.2) is 33.9 Å². The van der Waals surface area contributed by atoms with Gasteiger partial charge in [-0.15, -0.1) is 0 Å². The van der Waals surface area contributed by atoms with Crippen molar-refractivity contribution in [3.8, 4) is 0 Å². The maximum atomic E-state index is 12.3. The number of amides is 2. The van der Waals surface area contributed by atoms with Crippen LogP contribution in [0.2, 0.25) is 0 Å². The van der Waals surface area contributed by atoms with Crippen LogP contribution < -0.4 is 21.5 Å². The largest absolute Gasteiger partial charge is 0.336 e. The van der Waals surface area contributed by atoms with Crippen molar-refractivity contribution in [3.63, 3.8) is 0 Å². The molecule has 0 radical (unpaired) electrons. The highest BCUT2D eigenvalue weighted by Gasteiger charge is 2.21. The summed E-state index contributed by atoms with van der Waals surface area (Å²) in [6.07, 6.45) is 1.79. The Hall–Kier alpha value is -3.69. The molecule has 0 atom stereocenters. The minimum absolute atomic E-state index is 0.0859. The van der Waals surface area contributed by atoms with Crippen LogP contribution in [0, 0.1) is 0 Å². The molecule has 1 aromatic carbocycles. The number of carbonyl (C=O) groups excluding carboxylic acids is 2. The fourth-order valence-corrected chi connectivity index (χ4v) is 3.40. The molecule has 150 valence electrons. The van der Waals surface area contributed by atoms with Crippen LogP contribution in [0.5, 0.6) is 0 Å². The number of carbonyl (C=O) groups is 2. The molecule has 0 saturated carbocycles. The van der Waals surface area contributed by atoms with Crippen LogP contribution in [0.1, 0.15) is 25.1 Å². The molecule has 0 aliphatic carbocycles. The van der Waals surface area contributed by atoms with Gasteiger partial charge in [0.1, 0.15) is 11.3 Å². The predicted molar refractivity (Wildman–Crippen MR) is 107 cm³/mol. The van der Waals surface area contributed by atoms with Crippen molar-refractivity contribution >= 4 is 34.4 Å². The minimum Gasteiger partial charge on any atom is -0.336 e. The average Bonchev–Trinajstić information content (AvgIpc) is 3.31. The predicted octanol–water partition coefficient (Wildman–Crippen LogP) is 0.648. The number of aromatic amines is 2. The molecule has 0 bridgehead atoms. The minimum atomic E-state index is -0.547. The second-order valence-corrected chi connectivity index (χ2v) is 6.95. The molecular weight excluding hydrogens is 376 g/mol. The van der Waals surface area contributed by atoms with Crippen molar-refractivity contribution in [2.45, 2.75) is 25.7 Å². The summed E-state index contributed by atoms with van der Waals surface area (Å²) in [6, 6.07) is 7.17. The first-order chi connectivity index (χ1) is 13.9. The molecule has 4 rings (SSSR count). The average molecular weight is 396 g/mol. The lowest BCUT2D eigenvalue weighted by molar-refractivity contribution is -0.117. The Labute approximate surface area is 164 Å². The summed E-state index contributed by atoms with van der Waals surface area (Å²) in [5.74, 6) is 0.305. The Balaban J connectivity index is 1.43. The molecule has 2 aromatic heterocycles. The van der Waals surface area contributed by atoms with Gasteiger partial charge in [0.25, 0.3) is 5.56 Å². The van der Waals surface area contributed by atoms with Gasteiger partial charge in [-0.2, -0.15) is 0 Å². The molecule has 1 aliphatic rings. The molecule has 10 heteroatoms. The van der Waals surface area contributed by atoms with Gasteiger partial charge in [-0.25, -0.2) is 9.78 Å². The summed E-state index contributed by atoms with van der Waals surface area (Å²) in [5.41, 5.74) is 0.732. The van der Waals surface area contributed by atoms with E-state index in [9.17, 15) is 19.2 Å². The van der Waals surface area contributed by atoms with E-state index in [-0.39, 0.29) is 35.8 Å². The summed E-state index contributed by atoms with van der Waals surface area (Å²) in [7, 11) is 1.51. The fraction of sp³-hybridized carbons (Fsp3) is 0.316. The number of nitrogens with one attached hydrogen (secondary N) is 3. The van der Waals surface area contributed by atoms with E-state index in [1.54, 1.807) is 23.1 Å². The number of anilines is 2. The molecule has 3 aromatic rings. The molecule has 1 aliphatic heterocycles. The van der Waals surface area contributed by atoms with Crippen LogP contribution >= 0.6 is 0 Å². The van der Waals surface area contributed by atoms with Crippen LogP contribution in [-0.2, 0) is 23.1 Å². The smallest absolute Gasteiger partial charge is 0.329 e. The van der Waals surface area contributed by atoms with Gasteiger partial charge in [-0.3, -0.25) is 23.9 Å². The number of aromatic nitrogens is 4. The van der Waals surface area contributed by atoms with Crippen LogP contribution in [-0.4, -0.2) is 37.9 Å². The Bertz CT molecular complexity index is 1220.